The van der Waals surface area contributed by atoms with Gasteiger partial charge in [0.05, 0.1) is 4.92 Å². The van der Waals surface area contributed by atoms with E-state index in [1.54, 1.807) is 6.07 Å². The lowest BCUT2D eigenvalue weighted by molar-refractivity contribution is -0.387. The molecule has 0 aliphatic heterocycles. The summed E-state index contributed by atoms with van der Waals surface area (Å²) in [5.41, 5.74) is 2.43. The van der Waals surface area contributed by atoms with Gasteiger partial charge in [-0.05, 0) is 43.2 Å². The van der Waals surface area contributed by atoms with Crippen molar-refractivity contribution >= 4 is 11.4 Å². The summed E-state index contributed by atoms with van der Waals surface area (Å²) >= 11 is 0. The summed E-state index contributed by atoms with van der Waals surface area (Å²) in [6.45, 7) is 5.31. The van der Waals surface area contributed by atoms with Crippen LogP contribution in [0.2, 0.25) is 0 Å². The highest BCUT2D eigenvalue weighted by Gasteiger charge is 2.15. The Morgan fingerprint density at radius 1 is 1.24 bits per heavy atom. The van der Waals surface area contributed by atoms with Crippen molar-refractivity contribution in [2.75, 3.05) is 11.4 Å². The summed E-state index contributed by atoms with van der Waals surface area (Å²) in [6, 6.07) is 12.1. The third-order valence-electron chi connectivity index (χ3n) is 3.33. The normalized spacial score (nSPS) is 10.4. The van der Waals surface area contributed by atoms with E-state index in [2.05, 4.69) is 11.0 Å². The maximum absolute atomic E-state index is 13.7. The van der Waals surface area contributed by atoms with Crippen molar-refractivity contribution in [3.63, 3.8) is 0 Å². The maximum Gasteiger partial charge on any atom is 0.304 e. The second kappa shape index (κ2) is 6.35. The SMILES string of the molecule is CCN(Cc1ccc([N+](=O)[O-])c(F)c1)c1cccc(C)c1. The van der Waals surface area contributed by atoms with E-state index in [4.69, 9.17) is 0 Å². The van der Waals surface area contributed by atoms with Crippen molar-refractivity contribution in [1.82, 2.24) is 0 Å². The largest absolute Gasteiger partial charge is 0.367 e. The molecule has 0 saturated carbocycles. The number of anilines is 1. The molecule has 0 aromatic heterocycles. The highest BCUT2D eigenvalue weighted by atomic mass is 19.1. The van der Waals surface area contributed by atoms with Crippen LogP contribution in [0.1, 0.15) is 18.1 Å². The molecular weight excluding hydrogens is 271 g/mol. The highest BCUT2D eigenvalue weighted by molar-refractivity contribution is 5.49. The summed E-state index contributed by atoms with van der Waals surface area (Å²) in [5, 5.41) is 10.6. The molecule has 0 spiro atoms. The van der Waals surface area contributed by atoms with E-state index in [-0.39, 0.29) is 0 Å². The third-order valence-corrected chi connectivity index (χ3v) is 3.33. The van der Waals surface area contributed by atoms with Gasteiger partial charge in [-0.3, -0.25) is 10.1 Å². The average Bonchev–Trinajstić information content (AvgIpc) is 2.44. The molecule has 0 unspecified atom stereocenters. The first-order valence-electron chi connectivity index (χ1n) is 6.75. The molecule has 0 radical (unpaired) electrons. The standard InChI is InChI=1S/C16H17FN2O2/c1-3-18(14-6-4-5-12(2)9-14)11-13-7-8-16(19(20)21)15(17)10-13/h4-10H,3,11H2,1-2H3. The first-order valence-corrected chi connectivity index (χ1v) is 6.75. The van der Waals surface area contributed by atoms with Crippen LogP contribution in [0.15, 0.2) is 42.5 Å². The van der Waals surface area contributed by atoms with Crippen molar-refractivity contribution < 1.29 is 9.31 Å². The third kappa shape index (κ3) is 3.56. The van der Waals surface area contributed by atoms with Gasteiger partial charge in [0.1, 0.15) is 0 Å². The molecule has 2 aromatic carbocycles. The van der Waals surface area contributed by atoms with Gasteiger partial charge in [0.2, 0.25) is 5.82 Å². The lowest BCUT2D eigenvalue weighted by Crippen LogP contribution is -2.22. The number of nitro benzene ring substituents is 1. The molecule has 0 aliphatic carbocycles. The summed E-state index contributed by atoms with van der Waals surface area (Å²) in [7, 11) is 0. The van der Waals surface area contributed by atoms with Gasteiger partial charge in [-0.25, -0.2) is 0 Å². The number of hydrogen-bond donors (Lipinski definition) is 0. The van der Waals surface area contributed by atoms with Crippen molar-refractivity contribution in [3.05, 3.63) is 69.5 Å². The Labute approximate surface area is 123 Å². The molecule has 0 saturated heterocycles. The van der Waals surface area contributed by atoms with Crippen molar-refractivity contribution in [1.29, 1.82) is 0 Å². The summed E-state index contributed by atoms with van der Waals surface area (Å²) in [4.78, 5) is 12.0. The second-order valence-electron chi connectivity index (χ2n) is 4.90. The Morgan fingerprint density at radius 3 is 2.57 bits per heavy atom. The fraction of sp³-hybridized carbons (Fsp3) is 0.250. The van der Waals surface area contributed by atoms with E-state index in [9.17, 15) is 14.5 Å². The van der Waals surface area contributed by atoms with Crippen molar-refractivity contribution in [2.45, 2.75) is 20.4 Å². The van der Waals surface area contributed by atoms with Crippen LogP contribution in [-0.2, 0) is 6.54 Å². The van der Waals surface area contributed by atoms with Gasteiger partial charge in [-0.1, -0.05) is 18.2 Å². The number of rotatable bonds is 5. The lowest BCUT2D eigenvalue weighted by Gasteiger charge is -2.23. The van der Waals surface area contributed by atoms with Crippen molar-refractivity contribution in [3.8, 4) is 0 Å². The average molecular weight is 288 g/mol. The molecule has 0 amide bonds. The van der Waals surface area contributed by atoms with Gasteiger partial charge >= 0.3 is 5.69 Å². The second-order valence-corrected chi connectivity index (χ2v) is 4.90. The van der Waals surface area contributed by atoms with E-state index in [0.29, 0.717) is 12.1 Å². The predicted octanol–water partition coefficient (Wildman–Crippen LogP) is 4.07. The smallest absolute Gasteiger partial charge is 0.304 e. The molecule has 0 bridgehead atoms. The quantitative estimate of drug-likeness (QED) is 0.615. The molecule has 4 nitrogen and oxygen atoms in total. The van der Waals surface area contributed by atoms with Crippen molar-refractivity contribution in [2.24, 2.45) is 0 Å². The maximum atomic E-state index is 13.7. The Hall–Kier alpha value is -2.43. The van der Waals surface area contributed by atoms with E-state index in [1.807, 2.05) is 32.0 Å². The van der Waals surface area contributed by atoms with Gasteiger partial charge in [-0.2, -0.15) is 4.39 Å². The molecule has 5 heteroatoms. The zero-order valence-electron chi connectivity index (χ0n) is 12.0. The number of benzene rings is 2. The molecule has 21 heavy (non-hydrogen) atoms. The lowest BCUT2D eigenvalue weighted by atomic mass is 10.1. The van der Waals surface area contributed by atoms with Crippen LogP contribution in [0, 0.1) is 22.9 Å². The molecule has 0 heterocycles. The van der Waals surface area contributed by atoms with Crippen LogP contribution >= 0.6 is 0 Å². The van der Waals surface area contributed by atoms with Gasteiger partial charge < -0.3 is 4.90 Å². The fourth-order valence-corrected chi connectivity index (χ4v) is 2.23. The molecular formula is C16H17FN2O2. The molecule has 0 aliphatic rings. The van der Waals surface area contributed by atoms with Crippen LogP contribution < -0.4 is 4.90 Å². The molecule has 0 N–H and O–H groups in total. The number of nitro groups is 1. The summed E-state index contributed by atoms with van der Waals surface area (Å²) in [5.74, 6) is -0.794. The van der Waals surface area contributed by atoms with Gasteiger partial charge in [0.15, 0.2) is 0 Å². The molecule has 110 valence electrons. The first kappa shape index (κ1) is 15.0. The zero-order valence-corrected chi connectivity index (χ0v) is 12.0. The molecule has 2 aromatic rings. The van der Waals surface area contributed by atoms with Crippen LogP contribution in [0.5, 0.6) is 0 Å². The van der Waals surface area contributed by atoms with Crippen LogP contribution in [0.25, 0.3) is 0 Å². The monoisotopic (exact) mass is 288 g/mol. The minimum Gasteiger partial charge on any atom is -0.367 e. The van der Waals surface area contributed by atoms with Crippen LogP contribution in [0.4, 0.5) is 15.8 Å². The predicted molar refractivity (Wildman–Crippen MR) is 81.0 cm³/mol. The van der Waals surface area contributed by atoms with E-state index in [0.717, 1.165) is 17.8 Å². The van der Waals surface area contributed by atoms with Crippen LogP contribution in [-0.4, -0.2) is 11.5 Å². The molecule has 2 rings (SSSR count). The molecule has 0 atom stereocenters. The Kier molecular flexibility index (Phi) is 4.52. The summed E-state index contributed by atoms with van der Waals surface area (Å²) in [6.07, 6.45) is 0. The van der Waals surface area contributed by atoms with E-state index < -0.39 is 16.4 Å². The Morgan fingerprint density at radius 2 is 2.00 bits per heavy atom. The Balaban J connectivity index is 2.23. The summed E-state index contributed by atoms with van der Waals surface area (Å²) < 4.78 is 13.7. The topological polar surface area (TPSA) is 46.4 Å². The Bertz CT molecular complexity index is 658. The molecule has 0 fully saturated rings. The number of aryl methyl sites for hydroxylation is 1. The fourth-order valence-electron chi connectivity index (χ4n) is 2.23. The number of halogens is 1. The number of nitrogens with zero attached hydrogens (tertiary/aromatic N) is 2. The van der Waals surface area contributed by atoms with Gasteiger partial charge in [0, 0.05) is 24.8 Å². The zero-order chi connectivity index (χ0) is 15.4. The minimum atomic E-state index is -0.794. The van der Waals surface area contributed by atoms with Gasteiger partial charge in [0.25, 0.3) is 0 Å². The van der Waals surface area contributed by atoms with E-state index in [1.165, 1.54) is 12.1 Å². The highest BCUT2D eigenvalue weighted by Crippen LogP contribution is 2.22. The minimum absolute atomic E-state index is 0.489. The van der Waals surface area contributed by atoms with Crippen LogP contribution in [0.3, 0.4) is 0 Å². The number of hydrogen-bond acceptors (Lipinski definition) is 3. The van der Waals surface area contributed by atoms with Gasteiger partial charge in [-0.15, -0.1) is 0 Å². The van der Waals surface area contributed by atoms with E-state index >= 15 is 0 Å². The first-order chi connectivity index (χ1) is 10.0.